The maximum Gasteiger partial charge on any atom is 0.337 e. The van der Waals surface area contributed by atoms with Gasteiger partial charge in [0.2, 0.25) is 0 Å². The summed E-state index contributed by atoms with van der Waals surface area (Å²) in [6.45, 7) is 7.24. The average Bonchev–Trinajstić information content (AvgIpc) is 2.54. The van der Waals surface area contributed by atoms with Crippen molar-refractivity contribution in [3.8, 4) is 0 Å². The minimum atomic E-state index is -0.284. The highest BCUT2D eigenvalue weighted by Gasteiger charge is 2.13. The topological polar surface area (TPSA) is 41.6 Å². The van der Waals surface area contributed by atoms with Gasteiger partial charge in [-0.15, -0.1) is 0 Å². The van der Waals surface area contributed by atoms with Crippen LogP contribution in [0.1, 0.15) is 39.5 Å². The smallest absolute Gasteiger partial charge is 0.337 e. The molecule has 0 unspecified atom stereocenters. The van der Waals surface area contributed by atoms with Crippen LogP contribution in [-0.2, 0) is 9.53 Å². The van der Waals surface area contributed by atoms with Crippen LogP contribution in [0.5, 0.6) is 0 Å². The quantitative estimate of drug-likeness (QED) is 0.446. The van der Waals surface area contributed by atoms with Crippen LogP contribution in [0.3, 0.4) is 0 Å². The normalized spacial score (nSPS) is 18.3. The van der Waals surface area contributed by atoms with Crippen LogP contribution in [0.4, 0.5) is 0 Å². The van der Waals surface area contributed by atoms with Gasteiger partial charge in [-0.3, -0.25) is 4.90 Å². The number of esters is 1. The van der Waals surface area contributed by atoms with E-state index in [0.717, 1.165) is 31.6 Å². The van der Waals surface area contributed by atoms with Gasteiger partial charge in [-0.2, -0.15) is 0 Å². The first-order chi connectivity index (χ1) is 10.6. The number of piperidine rings is 1. The van der Waals surface area contributed by atoms with Crippen molar-refractivity contribution in [2.24, 2.45) is 0 Å². The van der Waals surface area contributed by atoms with Gasteiger partial charge >= 0.3 is 5.97 Å². The number of allylic oxidation sites excluding steroid dienone is 1. The first-order valence-corrected chi connectivity index (χ1v) is 8.16. The van der Waals surface area contributed by atoms with E-state index in [1.807, 2.05) is 32.3 Å². The van der Waals surface area contributed by atoms with Gasteiger partial charge in [0.15, 0.2) is 0 Å². The molecule has 0 aliphatic carbocycles. The first kappa shape index (κ1) is 18.5. The van der Waals surface area contributed by atoms with E-state index in [1.165, 1.54) is 31.9 Å². The summed E-state index contributed by atoms with van der Waals surface area (Å²) in [6, 6.07) is 0. The highest BCUT2D eigenvalue weighted by atomic mass is 16.5. The Kier molecular flexibility index (Phi) is 8.60. The van der Waals surface area contributed by atoms with Crippen LogP contribution >= 0.6 is 0 Å². The van der Waals surface area contributed by atoms with E-state index in [9.17, 15) is 4.79 Å². The number of carbonyl (C=O) groups excluding carboxylic acids is 1. The third-order valence-electron chi connectivity index (χ3n) is 3.91. The lowest BCUT2D eigenvalue weighted by Gasteiger charge is -2.26. The SMILES string of the molecule is CC\C(C)=C/C(=C\C(=C/NC)CN1CCCCC1)C(=O)OC. The third-order valence-corrected chi connectivity index (χ3v) is 3.91. The number of likely N-dealkylation sites (tertiary alicyclic amines) is 1. The Labute approximate surface area is 134 Å². The molecule has 0 bridgehead atoms. The predicted octanol–water partition coefficient (Wildman–Crippen LogP) is 3.03. The number of ether oxygens (including phenoxy) is 1. The first-order valence-electron chi connectivity index (χ1n) is 8.16. The van der Waals surface area contributed by atoms with Crippen LogP contribution < -0.4 is 5.32 Å². The fourth-order valence-corrected chi connectivity index (χ4v) is 2.54. The van der Waals surface area contributed by atoms with Crippen LogP contribution in [0, 0.1) is 0 Å². The van der Waals surface area contributed by atoms with Gasteiger partial charge in [0.25, 0.3) is 0 Å². The molecular weight excluding hydrogens is 276 g/mol. The molecule has 1 aliphatic heterocycles. The van der Waals surface area contributed by atoms with Crippen molar-refractivity contribution in [2.45, 2.75) is 39.5 Å². The molecule has 0 aromatic carbocycles. The largest absolute Gasteiger partial charge is 0.465 e. The van der Waals surface area contributed by atoms with Gasteiger partial charge in [-0.05, 0) is 57.0 Å². The highest BCUT2D eigenvalue weighted by molar-refractivity contribution is 5.92. The number of nitrogens with one attached hydrogen (secondary N) is 1. The molecule has 1 saturated heterocycles. The number of carbonyl (C=O) groups is 1. The molecule has 1 heterocycles. The summed E-state index contributed by atoms with van der Waals surface area (Å²) in [5.74, 6) is -0.284. The molecule has 22 heavy (non-hydrogen) atoms. The predicted molar refractivity (Wildman–Crippen MR) is 91.6 cm³/mol. The maximum absolute atomic E-state index is 12.0. The minimum Gasteiger partial charge on any atom is -0.465 e. The van der Waals surface area contributed by atoms with E-state index < -0.39 is 0 Å². The second-order valence-electron chi connectivity index (χ2n) is 5.78. The van der Waals surface area contributed by atoms with Gasteiger partial charge in [0.1, 0.15) is 0 Å². The van der Waals surface area contributed by atoms with Crippen molar-refractivity contribution < 1.29 is 9.53 Å². The van der Waals surface area contributed by atoms with Gasteiger partial charge in [-0.25, -0.2) is 4.79 Å². The van der Waals surface area contributed by atoms with Crippen LogP contribution in [-0.4, -0.2) is 44.7 Å². The highest BCUT2D eigenvalue weighted by Crippen LogP contribution is 2.14. The lowest BCUT2D eigenvalue weighted by atomic mass is 10.1. The molecular formula is C18H30N2O2. The molecule has 0 radical (unpaired) electrons. The molecule has 0 spiro atoms. The second kappa shape index (κ2) is 10.2. The lowest BCUT2D eigenvalue weighted by Crippen LogP contribution is -2.31. The number of hydrogen-bond donors (Lipinski definition) is 1. The Morgan fingerprint density at radius 2 is 1.91 bits per heavy atom. The van der Waals surface area contributed by atoms with E-state index in [0.29, 0.717) is 5.57 Å². The van der Waals surface area contributed by atoms with Gasteiger partial charge in [0.05, 0.1) is 12.7 Å². The number of nitrogens with zero attached hydrogens (tertiary/aromatic N) is 1. The van der Waals surface area contributed by atoms with Crippen molar-refractivity contribution in [1.82, 2.24) is 10.2 Å². The van der Waals surface area contributed by atoms with E-state index in [2.05, 4.69) is 17.1 Å². The van der Waals surface area contributed by atoms with Crippen molar-refractivity contribution in [1.29, 1.82) is 0 Å². The van der Waals surface area contributed by atoms with E-state index in [4.69, 9.17) is 4.74 Å². The van der Waals surface area contributed by atoms with E-state index >= 15 is 0 Å². The van der Waals surface area contributed by atoms with Crippen molar-refractivity contribution >= 4 is 5.97 Å². The fraction of sp³-hybridized carbons (Fsp3) is 0.611. The summed E-state index contributed by atoms with van der Waals surface area (Å²) in [7, 11) is 3.31. The maximum atomic E-state index is 12.0. The van der Waals surface area contributed by atoms with Crippen LogP contribution in [0.15, 0.2) is 35.1 Å². The Morgan fingerprint density at radius 3 is 2.45 bits per heavy atom. The molecule has 0 aromatic rings. The monoisotopic (exact) mass is 306 g/mol. The van der Waals surface area contributed by atoms with Crippen LogP contribution in [0.2, 0.25) is 0 Å². The summed E-state index contributed by atoms with van der Waals surface area (Å²) < 4.78 is 4.91. The second-order valence-corrected chi connectivity index (χ2v) is 5.78. The molecule has 0 saturated carbocycles. The summed E-state index contributed by atoms with van der Waals surface area (Å²) >= 11 is 0. The summed E-state index contributed by atoms with van der Waals surface area (Å²) in [5, 5.41) is 3.08. The Morgan fingerprint density at radius 1 is 1.23 bits per heavy atom. The molecule has 0 amide bonds. The molecule has 0 aromatic heterocycles. The zero-order valence-electron chi connectivity index (χ0n) is 14.4. The van der Waals surface area contributed by atoms with Crippen molar-refractivity contribution in [3.63, 3.8) is 0 Å². The fourth-order valence-electron chi connectivity index (χ4n) is 2.54. The Balaban J connectivity index is 2.94. The molecule has 4 heteroatoms. The Hall–Kier alpha value is -1.55. The standard InChI is InChI=1S/C18H30N2O2/c1-5-15(2)11-17(18(21)22-4)12-16(13-19-3)14-20-9-7-6-8-10-20/h11-13,19H,5-10,14H2,1-4H3/b15-11-,16-13+,17-12+. The van der Waals surface area contributed by atoms with Gasteiger partial charge in [-0.1, -0.05) is 18.9 Å². The zero-order chi connectivity index (χ0) is 16.4. The van der Waals surface area contributed by atoms with Gasteiger partial charge in [0, 0.05) is 19.8 Å². The van der Waals surface area contributed by atoms with Crippen molar-refractivity contribution in [2.75, 3.05) is 33.8 Å². The molecule has 124 valence electrons. The molecule has 4 nitrogen and oxygen atoms in total. The molecule has 0 atom stereocenters. The summed E-state index contributed by atoms with van der Waals surface area (Å²) in [6.07, 6.45) is 10.6. The minimum absolute atomic E-state index is 0.284. The lowest BCUT2D eigenvalue weighted by molar-refractivity contribution is -0.135. The molecule has 1 aliphatic rings. The van der Waals surface area contributed by atoms with E-state index in [1.54, 1.807) is 0 Å². The summed E-state index contributed by atoms with van der Waals surface area (Å²) in [4.78, 5) is 14.4. The number of rotatable bonds is 7. The third kappa shape index (κ3) is 6.48. The van der Waals surface area contributed by atoms with Crippen molar-refractivity contribution in [3.05, 3.63) is 35.1 Å². The molecule has 1 rings (SSSR count). The van der Waals surface area contributed by atoms with Crippen LogP contribution in [0.25, 0.3) is 0 Å². The average molecular weight is 306 g/mol. The molecule has 1 N–H and O–H groups in total. The Bertz CT molecular complexity index is 444. The van der Waals surface area contributed by atoms with E-state index in [-0.39, 0.29) is 5.97 Å². The summed E-state index contributed by atoms with van der Waals surface area (Å²) in [5.41, 5.74) is 2.88. The number of hydrogen-bond acceptors (Lipinski definition) is 4. The zero-order valence-corrected chi connectivity index (χ0v) is 14.4. The number of methoxy groups -OCH3 is 1. The van der Waals surface area contributed by atoms with Gasteiger partial charge < -0.3 is 10.1 Å². The molecule has 1 fully saturated rings.